The second-order valence-electron chi connectivity index (χ2n) is 1.81. The molecule has 0 atom stereocenters. The Morgan fingerprint density at radius 2 is 2.20 bits per heavy atom. The molecular weight excluding hydrogens is 148 g/mol. The minimum atomic E-state index is 0.0562. The van der Waals surface area contributed by atoms with Crippen LogP contribution < -0.4 is 0 Å². The summed E-state index contributed by atoms with van der Waals surface area (Å²) in [6, 6.07) is 4.63. The first-order valence-electron chi connectivity index (χ1n) is 2.69. The molecule has 0 spiro atoms. The van der Waals surface area contributed by atoms with Crippen LogP contribution in [0.25, 0.3) is 0 Å². The topological polar surface area (TPSA) is 20.2 Å². The highest BCUT2D eigenvalue weighted by atomic mass is 35.5. The molecule has 0 bridgehead atoms. The summed E-state index contributed by atoms with van der Waals surface area (Å²) in [5.41, 5.74) is 0.669. The third-order valence-electron chi connectivity index (χ3n) is 1.11. The Labute approximate surface area is 64.3 Å². The molecule has 0 unspecified atom stereocenters. The van der Waals surface area contributed by atoms with E-state index in [4.69, 9.17) is 23.1 Å². The quantitative estimate of drug-likeness (QED) is 0.564. The predicted molar refractivity (Wildman–Crippen MR) is 41.1 cm³/mol. The Balaban J connectivity index is 3.20. The van der Waals surface area contributed by atoms with Crippen LogP contribution in [0.15, 0.2) is 18.2 Å². The zero-order chi connectivity index (χ0) is 7.56. The van der Waals surface area contributed by atoms with Crippen molar-refractivity contribution in [2.75, 3.05) is 0 Å². The summed E-state index contributed by atoms with van der Waals surface area (Å²) in [6.07, 6.45) is 5.08. The average Bonchev–Trinajstić information content (AvgIpc) is 1.95. The van der Waals surface area contributed by atoms with Crippen molar-refractivity contribution in [1.82, 2.24) is 0 Å². The van der Waals surface area contributed by atoms with E-state index in [2.05, 4.69) is 5.92 Å². The average molecular weight is 153 g/mol. The third kappa shape index (κ3) is 1.23. The molecule has 0 fully saturated rings. The van der Waals surface area contributed by atoms with E-state index in [0.29, 0.717) is 5.56 Å². The van der Waals surface area contributed by atoms with Gasteiger partial charge >= 0.3 is 0 Å². The molecule has 50 valence electrons. The summed E-state index contributed by atoms with van der Waals surface area (Å²) in [6.45, 7) is 0. The number of aromatic hydroxyl groups is 1. The lowest BCUT2D eigenvalue weighted by Crippen LogP contribution is -1.72. The summed E-state index contributed by atoms with van der Waals surface area (Å²) < 4.78 is 0. The minimum Gasteiger partial charge on any atom is -0.506 e. The highest BCUT2D eigenvalue weighted by Crippen LogP contribution is 2.22. The van der Waals surface area contributed by atoms with E-state index in [1.165, 1.54) is 12.1 Å². The smallest absolute Gasteiger partial charge is 0.134 e. The van der Waals surface area contributed by atoms with Gasteiger partial charge in [0.1, 0.15) is 5.75 Å². The van der Waals surface area contributed by atoms with Gasteiger partial charge in [-0.05, 0) is 18.2 Å². The van der Waals surface area contributed by atoms with Crippen molar-refractivity contribution in [2.45, 2.75) is 0 Å². The van der Waals surface area contributed by atoms with Crippen molar-refractivity contribution in [3.8, 4) is 18.1 Å². The van der Waals surface area contributed by atoms with Gasteiger partial charge in [0.25, 0.3) is 0 Å². The van der Waals surface area contributed by atoms with Crippen molar-refractivity contribution < 1.29 is 5.11 Å². The van der Waals surface area contributed by atoms with Gasteiger partial charge in [-0.3, -0.25) is 0 Å². The monoisotopic (exact) mass is 152 g/mol. The lowest BCUT2D eigenvalue weighted by atomic mass is 10.2. The number of hydrogen-bond donors (Lipinski definition) is 1. The zero-order valence-corrected chi connectivity index (χ0v) is 5.89. The summed E-state index contributed by atoms with van der Waals surface area (Å²) in [4.78, 5) is 0. The number of hydrogen-bond acceptors (Lipinski definition) is 1. The SMILES string of the molecule is C#Cc1ccc(O)c(Cl)c1. The van der Waals surface area contributed by atoms with Gasteiger partial charge < -0.3 is 5.11 Å². The van der Waals surface area contributed by atoms with Crippen molar-refractivity contribution in [3.63, 3.8) is 0 Å². The molecule has 1 rings (SSSR count). The van der Waals surface area contributed by atoms with Crippen LogP contribution >= 0.6 is 11.6 Å². The van der Waals surface area contributed by atoms with Gasteiger partial charge in [-0.2, -0.15) is 0 Å². The fourth-order valence-electron chi connectivity index (χ4n) is 0.597. The van der Waals surface area contributed by atoms with Crippen LogP contribution in [0.4, 0.5) is 0 Å². The first kappa shape index (κ1) is 6.98. The van der Waals surface area contributed by atoms with Crippen LogP contribution in [0, 0.1) is 12.3 Å². The number of phenols is 1. The molecule has 0 amide bonds. The van der Waals surface area contributed by atoms with Crippen LogP contribution in [-0.4, -0.2) is 5.11 Å². The van der Waals surface area contributed by atoms with Gasteiger partial charge in [-0.25, -0.2) is 0 Å². The Bertz CT molecular complexity index is 286. The minimum absolute atomic E-state index is 0.0562. The number of halogens is 1. The van der Waals surface area contributed by atoms with Crippen LogP contribution in [0.1, 0.15) is 5.56 Å². The summed E-state index contributed by atoms with van der Waals surface area (Å²) in [7, 11) is 0. The third-order valence-corrected chi connectivity index (χ3v) is 1.42. The van der Waals surface area contributed by atoms with Gasteiger partial charge in [-0.1, -0.05) is 17.5 Å². The van der Waals surface area contributed by atoms with Crippen LogP contribution in [-0.2, 0) is 0 Å². The fraction of sp³-hybridized carbons (Fsp3) is 0. The molecule has 0 radical (unpaired) electrons. The maximum absolute atomic E-state index is 8.94. The molecule has 2 heteroatoms. The van der Waals surface area contributed by atoms with Gasteiger partial charge in [-0.15, -0.1) is 6.42 Å². The van der Waals surface area contributed by atoms with E-state index in [9.17, 15) is 0 Å². The molecule has 0 saturated heterocycles. The van der Waals surface area contributed by atoms with E-state index >= 15 is 0 Å². The van der Waals surface area contributed by atoms with Gasteiger partial charge in [0, 0.05) is 5.56 Å². The van der Waals surface area contributed by atoms with Gasteiger partial charge in [0.05, 0.1) is 5.02 Å². The fourth-order valence-corrected chi connectivity index (χ4v) is 0.777. The van der Waals surface area contributed by atoms with Crippen LogP contribution in [0.2, 0.25) is 5.02 Å². The molecule has 1 nitrogen and oxygen atoms in total. The second kappa shape index (κ2) is 2.64. The Morgan fingerprint density at radius 1 is 1.50 bits per heavy atom. The normalized spacial score (nSPS) is 8.80. The maximum Gasteiger partial charge on any atom is 0.134 e. The van der Waals surface area contributed by atoms with Crippen molar-refractivity contribution in [2.24, 2.45) is 0 Å². The van der Waals surface area contributed by atoms with E-state index in [1.807, 2.05) is 0 Å². The molecule has 0 aromatic heterocycles. The Kier molecular flexibility index (Phi) is 1.84. The van der Waals surface area contributed by atoms with E-state index in [-0.39, 0.29) is 10.8 Å². The van der Waals surface area contributed by atoms with Gasteiger partial charge in [0.2, 0.25) is 0 Å². The predicted octanol–water partition coefficient (Wildman–Crippen LogP) is 2.03. The first-order chi connectivity index (χ1) is 4.74. The highest BCUT2D eigenvalue weighted by Gasteiger charge is 1.95. The summed E-state index contributed by atoms with van der Waals surface area (Å²) in [5.74, 6) is 2.46. The van der Waals surface area contributed by atoms with E-state index in [0.717, 1.165) is 0 Å². The number of rotatable bonds is 0. The lowest BCUT2D eigenvalue weighted by Gasteiger charge is -1.94. The Hall–Kier alpha value is -1.13. The van der Waals surface area contributed by atoms with Crippen molar-refractivity contribution in [3.05, 3.63) is 28.8 Å². The molecule has 0 aliphatic carbocycles. The lowest BCUT2D eigenvalue weighted by molar-refractivity contribution is 0.475. The Morgan fingerprint density at radius 3 is 2.70 bits per heavy atom. The highest BCUT2D eigenvalue weighted by molar-refractivity contribution is 6.32. The molecule has 1 N–H and O–H groups in total. The number of benzene rings is 1. The molecule has 10 heavy (non-hydrogen) atoms. The molecule has 0 aliphatic rings. The molecule has 1 aromatic carbocycles. The summed E-state index contributed by atoms with van der Waals surface area (Å²) >= 11 is 5.55. The molecular formula is C8H5ClO. The molecule has 0 saturated carbocycles. The van der Waals surface area contributed by atoms with Crippen molar-refractivity contribution >= 4 is 11.6 Å². The van der Waals surface area contributed by atoms with Gasteiger partial charge in [0.15, 0.2) is 0 Å². The zero-order valence-electron chi connectivity index (χ0n) is 5.13. The first-order valence-corrected chi connectivity index (χ1v) is 3.07. The largest absolute Gasteiger partial charge is 0.506 e. The second-order valence-corrected chi connectivity index (χ2v) is 2.22. The molecule has 1 aromatic rings. The number of terminal acetylenes is 1. The number of phenolic OH excluding ortho intramolecular Hbond substituents is 1. The van der Waals surface area contributed by atoms with Crippen LogP contribution in [0.3, 0.4) is 0 Å². The van der Waals surface area contributed by atoms with E-state index in [1.54, 1.807) is 6.07 Å². The standard InChI is InChI=1S/C8H5ClO/c1-2-6-3-4-8(10)7(9)5-6/h1,3-5,10H. The van der Waals surface area contributed by atoms with E-state index < -0.39 is 0 Å². The molecule has 0 aliphatic heterocycles. The van der Waals surface area contributed by atoms with Crippen LogP contribution in [0.5, 0.6) is 5.75 Å². The summed E-state index contributed by atoms with van der Waals surface area (Å²) in [5, 5.41) is 9.23. The maximum atomic E-state index is 8.94. The molecule has 0 heterocycles. The van der Waals surface area contributed by atoms with Crippen molar-refractivity contribution in [1.29, 1.82) is 0 Å².